The second-order valence-electron chi connectivity index (χ2n) is 3.13. The highest BCUT2D eigenvalue weighted by Gasteiger charge is 2.25. The molecule has 1 aromatic carbocycles. The topological polar surface area (TPSA) is 73.9 Å². The molecule has 0 radical (unpaired) electrons. The molecule has 0 bridgehead atoms. The summed E-state index contributed by atoms with van der Waals surface area (Å²) < 4.78 is 18.0. The Labute approximate surface area is 97.8 Å². The molecule has 86 valence electrons. The Bertz CT molecular complexity index is 514. The summed E-state index contributed by atoms with van der Waals surface area (Å²) in [6, 6.07) is 7.16. The third-order valence-electron chi connectivity index (χ3n) is 2.12. The molecule has 0 heterocycles. The van der Waals surface area contributed by atoms with Crippen LogP contribution in [0.25, 0.3) is 0 Å². The molecule has 0 saturated carbocycles. The molecule has 0 aliphatic heterocycles. The summed E-state index contributed by atoms with van der Waals surface area (Å²) in [7, 11) is 0. The van der Waals surface area contributed by atoms with Gasteiger partial charge in [-0.05, 0) is 13.0 Å². The Balaban J connectivity index is 3.23. The predicted octanol–water partition coefficient (Wildman–Crippen LogP) is 1.87. The average molecular weight is 232 g/mol. The van der Waals surface area contributed by atoms with E-state index in [1.807, 2.05) is 0 Å². The SMILES string of the molecule is CCOC(=O)C(C#N)c1cccc(F)c1C#N. The average Bonchev–Trinajstić information content (AvgIpc) is 2.30. The zero-order chi connectivity index (χ0) is 12.8. The molecule has 1 atom stereocenters. The number of hydrogen-bond acceptors (Lipinski definition) is 4. The van der Waals surface area contributed by atoms with Crippen LogP contribution in [0.2, 0.25) is 0 Å². The molecule has 0 saturated heterocycles. The molecule has 0 N–H and O–H groups in total. The van der Waals surface area contributed by atoms with E-state index in [1.54, 1.807) is 19.1 Å². The minimum Gasteiger partial charge on any atom is -0.465 e. The first-order chi connectivity index (χ1) is 8.15. The van der Waals surface area contributed by atoms with E-state index in [0.29, 0.717) is 0 Å². The summed E-state index contributed by atoms with van der Waals surface area (Å²) in [5.41, 5.74) is -0.263. The molecule has 5 heteroatoms. The number of halogens is 1. The molecule has 1 aromatic rings. The van der Waals surface area contributed by atoms with Gasteiger partial charge in [0.15, 0.2) is 5.92 Å². The van der Waals surface area contributed by atoms with E-state index in [4.69, 9.17) is 15.3 Å². The van der Waals surface area contributed by atoms with Crippen molar-refractivity contribution < 1.29 is 13.9 Å². The quantitative estimate of drug-likeness (QED) is 0.745. The smallest absolute Gasteiger partial charge is 0.327 e. The lowest BCUT2D eigenvalue weighted by molar-refractivity contribution is -0.143. The summed E-state index contributed by atoms with van der Waals surface area (Å²) in [6.45, 7) is 1.72. The molecule has 0 aliphatic rings. The molecule has 0 aliphatic carbocycles. The minimum atomic E-state index is -1.28. The van der Waals surface area contributed by atoms with Crippen molar-refractivity contribution in [2.24, 2.45) is 0 Å². The lowest BCUT2D eigenvalue weighted by Gasteiger charge is -2.10. The molecule has 0 aromatic heterocycles. The third-order valence-corrected chi connectivity index (χ3v) is 2.12. The first-order valence-corrected chi connectivity index (χ1v) is 4.90. The van der Waals surface area contributed by atoms with Gasteiger partial charge in [0.1, 0.15) is 11.9 Å². The number of rotatable bonds is 3. The number of esters is 1. The summed E-state index contributed by atoms with van der Waals surface area (Å²) in [5.74, 6) is -2.81. The normalized spacial score (nSPS) is 11.1. The third kappa shape index (κ3) is 2.59. The highest BCUT2D eigenvalue weighted by Crippen LogP contribution is 2.22. The zero-order valence-electron chi connectivity index (χ0n) is 9.11. The van der Waals surface area contributed by atoms with E-state index >= 15 is 0 Å². The van der Waals surface area contributed by atoms with Crippen LogP contribution in [0.1, 0.15) is 24.0 Å². The molecular weight excluding hydrogens is 223 g/mol. The maximum Gasteiger partial charge on any atom is 0.327 e. The van der Waals surface area contributed by atoms with Crippen molar-refractivity contribution in [2.45, 2.75) is 12.8 Å². The van der Waals surface area contributed by atoms with Gasteiger partial charge >= 0.3 is 5.97 Å². The van der Waals surface area contributed by atoms with Crippen molar-refractivity contribution in [3.8, 4) is 12.1 Å². The molecule has 0 spiro atoms. The van der Waals surface area contributed by atoms with Crippen LogP contribution in [0, 0.1) is 28.5 Å². The van der Waals surface area contributed by atoms with Gasteiger partial charge < -0.3 is 4.74 Å². The van der Waals surface area contributed by atoms with Crippen LogP contribution in [0.5, 0.6) is 0 Å². The minimum absolute atomic E-state index is 0.0356. The maximum absolute atomic E-state index is 13.3. The van der Waals surface area contributed by atoms with Crippen LogP contribution in [-0.2, 0) is 9.53 Å². The Morgan fingerprint density at radius 3 is 2.76 bits per heavy atom. The maximum atomic E-state index is 13.3. The standard InChI is InChI=1S/C12H9FN2O2/c1-2-17-12(16)10(7-15)8-4-3-5-11(13)9(8)6-14/h3-5,10H,2H2,1H3. The van der Waals surface area contributed by atoms with Gasteiger partial charge in [-0.25, -0.2) is 4.39 Å². The van der Waals surface area contributed by atoms with Crippen LogP contribution in [0.3, 0.4) is 0 Å². The lowest BCUT2D eigenvalue weighted by Crippen LogP contribution is -2.16. The van der Waals surface area contributed by atoms with Crippen molar-refractivity contribution >= 4 is 5.97 Å². The fourth-order valence-corrected chi connectivity index (χ4v) is 1.37. The van der Waals surface area contributed by atoms with Crippen molar-refractivity contribution in [3.63, 3.8) is 0 Å². The van der Waals surface area contributed by atoms with Gasteiger partial charge in [0, 0.05) is 5.56 Å². The number of ether oxygens (including phenoxy) is 1. The van der Waals surface area contributed by atoms with E-state index < -0.39 is 17.7 Å². The van der Waals surface area contributed by atoms with Gasteiger partial charge in [-0.1, -0.05) is 12.1 Å². The van der Waals surface area contributed by atoms with Crippen LogP contribution in [-0.4, -0.2) is 12.6 Å². The fraction of sp³-hybridized carbons (Fsp3) is 0.250. The van der Waals surface area contributed by atoms with Crippen molar-refractivity contribution in [1.82, 2.24) is 0 Å². The lowest BCUT2D eigenvalue weighted by atomic mass is 9.95. The van der Waals surface area contributed by atoms with Crippen molar-refractivity contribution in [3.05, 3.63) is 35.1 Å². The van der Waals surface area contributed by atoms with Gasteiger partial charge in [-0.2, -0.15) is 10.5 Å². The molecule has 1 rings (SSSR count). The fourth-order valence-electron chi connectivity index (χ4n) is 1.37. The monoisotopic (exact) mass is 232 g/mol. The summed E-state index contributed by atoms with van der Waals surface area (Å²) in [6.07, 6.45) is 0. The van der Waals surface area contributed by atoms with Crippen molar-refractivity contribution in [1.29, 1.82) is 10.5 Å². The molecular formula is C12H9FN2O2. The van der Waals surface area contributed by atoms with Crippen LogP contribution >= 0.6 is 0 Å². The number of nitriles is 2. The van der Waals surface area contributed by atoms with E-state index in [0.717, 1.165) is 6.07 Å². The summed E-state index contributed by atoms with van der Waals surface area (Å²) >= 11 is 0. The van der Waals surface area contributed by atoms with Crippen LogP contribution in [0.4, 0.5) is 4.39 Å². The summed E-state index contributed by atoms with van der Waals surface area (Å²) in [4.78, 5) is 11.5. The van der Waals surface area contributed by atoms with E-state index in [2.05, 4.69) is 0 Å². The van der Waals surface area contributed by atoms with Gasteiger partial charge in [-0.15, -0.1) is 0 Å². The number of benzene rings is 1. The Kier molecular flexibility index (Phi) is 4.19. The second kappa shape index (κ2) is 5.62. The molecule has 0 fully saturated rings. The number of nitrogens with zero attached hydrogens (tertiary/aromatic N) is 2. The van der Waals surface area contributed by atoms with E-state index in [9.17, 15) is 9.18 Å². The van der Waals surface area contributed by atoms with Crippen LogP contribution in [0.15, 0.2) is 18.2 Å². The predicted molar refractivity (Wildman–Crippen MR) is 56.1 cm³/mol. The number of carbonyl (C=O) groups is 1. The van der Waals surface area contributed by atoms with Crippen molar-refractivity contribution in [2.75, 3.05) is 6.61 Å². The van der Waals surface area contributed by atoms with Gasteiger partial charge in [0.25, 0.3) is 0 Å². The Morgan fingerprint density at radius 2 is 2.24 bits per heavy atom. The highest BCUT2D eigenvalue weighted by atomic mass is 19.1. The molecule has 17 heavy (non-hydrogen) atoms. The summed E-state index contributed by atoms with van der Waals surface area (Å²) in [5, 5.41) is 17.7. The Morgan fingerprint density at radius 1 is 1.53 bits per heavy atom. The van der Waals surface area contributed by atoms with E-state index in [1.165, 1.54) is 12.1 Å². The Hall–Kier alpha value is -2.40. The largest absolute Gasteiger partial charge is 0.465 e. The van der Waals surface area contributed by atoms with Crippen LogP contribution < -0.4 is 0 Å². The molecule has 0 amide bonds. The first kappa shape index (κ1) is 12.7. The second-order valence-corrected chi connectivity index (χ2v) is 3.13. The van der Waals surface area contributed by atoms with E-state index in [-0.39, 0.29) is 17.7 Å². The first-order valence-electron chi connectivity index (χ1n) is 4.90. The molecule has 4 nitrogen and oxygen atoms in total. The van der Waals surface area contributed by atoms with Gasteiger partial charge in [-0.3, -0.25) is 4.79 Å². The number of carbonyl (C=O) groups excluding carboxylic acids is 1. The number of hydrogen-bond donors (Lipinski definition) is 0. The highest BCUT2D eigenvalue weighted by molar-refractivity contribution is 5.82. The molecule has 1 unspecified atom stereocenters. The zero-order valence-corrected chi connectivity index (χ0v) is 9.11. The van der Waals surface area contributed by atoms with Gasteiger partial charge in [0.05, 0.1) is 18.2 Å². The van der Waals surface area contributed by atoms with Gasteiger partial charge in [0.2, 0.25) is 0 Å².